The molecule has 2 fully saturated rings. The van der Waals surface area contributed by atoms with E-state index in [4.69, 9.17) is 19.9 Å². The van der Waals surface area contributed by atoms with Crippen molar-refractivity contribution < 1.29 is 19.0 Å². The Morgan fingerprint density at radius 1 is 1.05 bits per heavy atom. The summed E-state index contributed by atoms with van der Waals surface area (Å²) in [5, 5.41) is 3.07. The molecule has 3 N–H and O–H groups in total. The summed E-state index contributed by atoms with van der Waals surface area (Å²) < 4.78 is 21.1. The molecule has 4 atom stereocenters. The molecule has 2 unspecified atom stereocenters. The van der Waals surface area contributed by atoms with Gasteiger partial charge in [-0.1, -0.05) is 30.3 Å². The fraction of sp³-hybridized carbons (Fsp3) is 0.357. The molecule has 11 heteroatoms. The Morgan fingerprint density at radius 2 is 1.79 bits per heavy atom. The van der Waals surface area contributed by atoms with Gasteiger partial charge in [-0.2, -0.15) is 0 Å². The smallest absolute Gasteiger partial charge is 0.255 e. The minimum Gasteiger partial charge on any atom is -0.382 e. The molecule has 202 valence electrons. The van der Waals surface area contributed by atoms with Crippen LogP contribution in [0.25, 0.3) is 11.2 Å². The maximum absolute atomic E-state index is 12.9. The molecule has 0 bridgehead atoms. The monoisotopic (exact) mass is 529 g/mol. The number of nitrogens with zero attached hydrogens (tertiary/aromatic N) is 5. The normalized spacial score (nSPS) is 23.6. The molecule has 6 rings (SSSR count). The highest BCUT2D eigenvalue weighted by atomic mass is 16.8. The van der Waals surface area contributed by atoms with E-state index in [1.54, 1.807) is 18.5 Å². The largest absolute Gasteiger partial charge is 0.382 e. The maximum atomic E-state index is 12.9. The molecule has 0 radical (unpaired) electrons. The van der Waals surface area contributed by atoms with Crippen LogP contribution in [0.3, 0.4) is 0 Å². The van der Waals surface area contributed by atoms with E-state index in [9.17, 15) is 4.79 Å². The molecule has 2 aliphatic heterocycles. The van der Waals surface area contributed by atoms with Crippen molar-refractivity contribution in [1.82, 2.24) is 19.5 Å². The molecule has 2 aromatic carbocycles. The predicted octanol–water partition coefficient (Wildman–Crippen LogP) is 3.60. The average molecular weight is 530 g/mol. The molecule has 1 amide bonds. The van der Waals surface area contributed by atoms with Gasteiger partial charge in [0.05, 0.1) is 17.7 Å². The van der Waals surface area contributed by atoms with Crippen molar-refractivity contribution in [3.63, 3.8) is 0 Å². The SMILES string of the molecule is CCN(CC1O[C@@H](n2cnc3c(N)ncnc32)C2OC(C)(C)O[C@H]12)c1ccccc1NC(=O)c1ccccc1. The van der Waals surface area contributed by atoms with Crippen molar-refractivity contribution in [3.05, 3.63) is 72.8 Å². The minimum atomic E-state index is -0.779. The van der Waals surface area contributed by atoms with Gasteiger partial charge in [0.2, 0.25) is 0 Å². The highest BCUT2D eigenvalue weighted by Crippen LogP contribution is 2.44. The van der Waals surface area contributed by atoms with E-state index in [-0.39, 0.29) is 24.2 Å². The Kier molecular flexibility index (Phi) is 6.42. The van der Waals surface area contributed by atoms with Gasteiger partial charge in [0.1, 0.15) is 30.2 Å². The second kappa shape index (κ2) is 9.92. The average Bonchev–Trinajstić information content (AvgIpc) is 3.60. The third kappa shape index (κ3) is 4.69. The summed E-state index contributed by atoms with van der Waals surface area (Å²) in [4.78, 5) is 27.9. The van der Waals surface area contributed by atoms with Gasteiger partial charge >= 0.3 is 0 Å². The van der Waals surface area contributed by atoms with Gasteiger partial charge in [-0.05, 0) is 45.0 Å². The number of hydrogen-bond donors (Lipinski definition) is 2. The number of anilines is 3. The van der Waals surface area contributed by atoms with Gasteiger partial charge in [-0.25, -0.2) is 15.0 Å². The van der Waals surface area contributed by atoms with Crippen LogP contribution in [0.15, 0.2) is 67.3 Å². The van der Waals surface area contributed by atoms with Crippen LogP contribution in [-0.2, 0) is 14.2 Å². The number of likely N-dealkylation sites (N-methyl/N-ethyl adjacent to an activating group) is 1. The number of imidazole rings is 1. The van der Waals surface area contributed by atoms with Crippen LogP contribution in [0, 0.1) is 0 Å². The van der Waals surface area contributed by atoms with Crippen LogP contribution in [0.5, 0.6) is 0 Å². The number of aromatic nitrogens is 4. The van der Waals surface area contributed by atoms with E-state index in [1.807, 2.05) is 60.9 Å². The number of carbonyl (C=O) groups excluding carboxylic acids is 1. The second-order valence-electron chi connectivity index (χ2n) is 10.1. The van der Waals surface area contributed by atoms with Crippen LogP contribution in [0.4, 0.5) is 17.2 Å². The number of nitrogens with two attached hydrogens (primary N) is 1. The van der Waals surface area contributed by atoms with Crippen molar-refractivity contribution >= 4 is 34.3 Å². The van der Waals surface area contributed by atoms with Crippen LogP contribution < -0.4 is 16.0 Å². The first kappa shape index (κ1) is 25.2. The molecular formula is C28H31N7O4. The lowest BCUT2D eigenvalue weighted by atomic mass is 10.1. The number of benzene rings is 2. The number of fused-ring (bicyclic) bond motifs is 2. The highest BCUT2D eigenvalue weighted by Gasteiger charge is 2.56. The standard InChI is InChI=1S/C28H31N7O4/c1-4-34(19-13-9-8-12-18(19)33-26(36)17-10-6-5-7-11-17)14-20-22-23(39-28(2,3)38-22)27(37-20)35-16-32-21-24(29)30-15-31-25(21)35/h5-13,15-16,20,22-23,27H,4,14H2,1-3H3,(H,33,36)(H2,29,30,31)/t20?,22-,23?,27-/m1/s1. The maximum Gasteiger partial charge on any atom is 0.255 e. The molecule has 4 heterocycles. The Balaban J connectivity index is 1.28. The van der Waals surface area contributed by atoms with E-state index >= 15 is 0 Å². The number of carbonyl (C=O) groups is 1. The molecule has 39 heavy (non-hydrogen) atoms. The summed E-state index contributed by atoms with van der Waals surface area (Å²) in [6, 6.07) is 16.9. The lowest BCUT2D eigenvalue weighted by Gasteiger charge is -2.31. The van der Waals surface area contributed by atoms with Gasteiger partial charge in [-0.3, -0.25) is 9.36 Å². The zero-order valence-corrected chi connectivity index (χ0v) is 22.0. The summed E-state index contributed by atoms with van der Waals surface area (Å²) >= 11 is 0. The van der Waals surface area contributed by atoms with Crippen molar-refractivity contribution in [2.45, 2.75) is 51.1 Å². The molecular weight excluding hydrogens is 498 g/mol. The number of amides is 1. The Morgan fingerprint density at radius 3 is 2.59 bits per heavy atom. The van der Waals surface area contributed by atoms with Crippen molar-refractivity contribution in [2.24, 2.45) is 0 Å². The summed E-state index contributed by atoms with van der Waals surface area (Å²) in [5.74, 6) is -0.641. The molecule has 11 nitrogen and oxygen atoms in total. The highest BCUT2D eigenvalue weighted by molar-refractivity contribution is 6.05. The first-order valence-corrected chi connectivity index (χ1v) is 13.0. The number of nitrogens with one attached hydrogen (secondary N) is 1. The first-order chi connectivity index (χ1) is 18.8. The summed E-state index contributed by atoms with van der Waals surface area (Å²) in [7, 11) is 0. The Labute approximate surface area is 225 Å². The number of para-hydroxylation sites is 2. The van der Waals surface area contributed by atoms with Crippen LogP contribution in [-0.4, -0.2) is 62.6 Å². The number of ether oxygens (including phenoxy) is 3. The third-order valence-electron chi connectivity index (χ3n) is 7.10. The fourth-order valence-corrected chi connectivity index (χ4v) is 5.34. The fourth-order valence-electron chi connectivity index (χ4n) is 5.34. The topological polar surface area (TPSA) is 130 Å². The van der Waals surface area contributed by atoms with E-state index < -0.39 is 12.0 Å². The molecule has 0 saturated carbocycles. The third-order valence-corrected chi connectivity index (χ3v) is 7.10. The lowest BCUT2D eigenvalue weighted by molar-refractivity contribution is -0.195. The Bertz CT molecular complexity index is 1490. The number of rotatable bonds is 7. The summed E-state index contributed by atoms with van der Waals surface area (Å²) in [6.07, 6.45) is 1.49. The van der Waals surface area contributed by atoms with Crippen molar-refractivity contribution in [3.8, 4) is 0 Å². The molecule has 2 saturated heterocycles. The molecule has 0 spiro atoms. The second-order valence-corrected chi connectivity index (χ2v) is 10.1. The van der Waals surface area contributed by atoms with E-state index in [1.165, 1.54) is 6.33 Å². The van der Waals surface area contributed by atoms with Gasteiger partial charge in [0, 0.05) is 18.7 Å². The van der Waals surface area contributed by atoms with Crippen molar-refractivity contribution in [1.29, 1.82) is 0 Å². The molecule has 0 aliphatic carbocycles. The number of nitrogen functional groups attached to an aromatic ring is 1. The van der Waals surface area contributed by atoms with E-state index in [0.29, 0.717) is 35.6 Å². The van der Waals surface area contributed by atoms with Crippen LogP contribution in [0.1, 0.15) is 37.4 Å². The zero-order valence-electron chi connectivity index (χ0n) is 22.0. The van der Waals surface area contributed by atoms with Crippen LogP contribution >= 0.6 is 0 Å². The lowest BCUT2D eigenvalue weighted by Crippen LogP contribution is -2.40. The molecule has 4 aromatic rings. The van der Waals surface area contributed by atoms with Crippen LogP contribution in [0.2, 0.25) is 0 Å². The quantitative estimate of drug-likeness (QED) is 0.369. The van der Waals surface area contributed by atoms with E-state index in [2.05, 4.69) is 32.1 Å². The summed E-state index contributed by atoms with van der Waals surface area (Å²) in [5.41, 5.74) is 9.30. The number of hydrogen-bond acceptors (Lipinski definition) is 9. The predicted molar refractivity (Wildman–Crippen MR) is 146 cm³/mol. The molecule has 2 aromatic heterocycles. The first-order valence-electron chi connectivity index (χ1n) is 13.0. The van der Waals surface area contributed by atoms with Gasteiger partial charge in [-0.15, -0.1) is 0 Å². The molecule has 2 aliphatic rings. The van der Waals surface area contributed by atoms with Gasteiger partial charge < -0.3 is 30.2 Å². The Hall–Kier alpha value is -4.06. The van der Waals surface area contributed by atoms with Crippen molar-refractivity contribution in [2.75, 3.05) is 29.0 Å². The van der Waals surface area contributed by atoms with Gasteiger partial charge in [0.25, 0.3) is 5.91 Å². The van der Waals surface area contributed by atoms with Gasteiger partial charge in [0.15, 0.2) is 23.5 Å². The zero-order chi connectivity index (χ0) is 27.1. The minimum absolute atomic E-state index is 0.168. The van der Waals surface area contributed by atoms with E-state index in [0.717, 1.165) is 11.4 Å². The summed E-state index contributed by atoms with van der Waals surface area (Å²) in [6.45, 7) is 7.06.